The normalized spacial score (nSPS) is 13.2. The van der Waals surface area contributed by atoms with Crippen LogP contribution in [0, 0.1) is 0 Å². The van der Waals surface area contributed by atoms with Crippen molar-refractivity contribution >= 4 is 0 Å². The van der Waals surface area contributed by atoms with Crippen LogP contribution in [0.5, 0.6) is 23.0 Å². The Bertz CT molecular complexity index is 2680. The molecule has 1 aliphatic heterocycles. The molecule has 0 fully saturated rings. The standard InChI is InChI=1S/C50H35NO2/c1-50(2)41-21-10-9-19-40(41)47-42(50)27-28-46-49(47)53-48-39(20-12-22-45(48)52-46)34-23-25-35(26-24-34)43-30-38(33-15-7-4-8-16-33)31-44(51-43)37-18-11-17-36(29-37)32-13-5-3-6-14-32/h3-31H,1-2H3. The van der Waals surface area contributed by atoms with E-state index < -0.39 is 0 Å². The van der Waals surface area contributed by atoms with Gasteiger partial charge < -0.3 is 9.47 Å². The van der Waals surface area contributed by atoms with Crippen LogP contribution in [-0.2, 0) is 5.41 Å². The third kappa shape index (κ3) is 5.24. The minimum atomic E-state index is -0.129. The molecule has 7 aromatic carbocycles. The van der Waals surface area contributed by atoms with Crippen LogP contribution in [0.3, 0.4) is 0 Å². The summed E-state index contributed by atoms with van der Waals surface area (Å²) in [5.41, 5.74) is 15.4. The third-order valence-corrected chi connectivity index (χ3v) is 10.8. The van der Waals surface area contributed by atoms with E-state index in [2.05, 4.69) is 172 Å². The molecular weight excluding hydrogens is 647 g/mol. The lowest BCUT2D eigenvalue weighted by Crippen LogP contribution is -2.15. The number of benzene rings is 7. The van der Waals surface area contributed by atoms with Crippen molar-refractivity contribution in [2.75, 3.05) is 0 Å². The first-order valence-electron chi connectivity index (χ1n) is 18.1. The van der Waals surface area contributed by atoms with Gasteiger partial charge in [-0.2, -0.15) is 0 Å². The maximum atomic E-state index is 6.90. The summed E-state index contributed by atoms with van der Waals surface area (Å²) in [6.45, 7) is 4.56. The number of nitrogens with zero attached hydrogens (tertiary/aromatic N) is 1. The summed E-state index contributed by atoms with van der Waals surface area (Å²) in [5, 5.41) is 0. The second-order valence-electron chi connectivity index (χ2n) is 14.3. The molecular formula is C50H35NO2. The Morgan fingerprint density at radius 3 is 1.74 bits per heavy atom. The summed E-state index contributed by atoms with van der Waals surface area (Å²) in [6.07, 6.45) is 0. The van der Waals surface area contributed by atoms with Crippen molar-refractivity contribution in [3.8, 4) is 90.0 Å². The van der Waals surface area contributed by atoms with E-state index >= 15 is 0 Å². The predicted octanol–water partition coefficient (Wildman–Crippen LogP) is 13.6. The molecule has 0 spiro atoms. The van der Waals surface area contributed by atoms with Gasteiger partial charge in [0.2, 0.25) is 0 Å². The van der Waals surface area contributed by atoms with E-state index in [0.29, 0.717) is 5.75 Å². The minimum absolute atomic E-state index is 0.129. The van der Waals surface area contributed by atoms with Crippen molar-refractivity contribution in [1.82, 2.24) is 4.98 Å². The van der Waals surface area contributed by atoms with E-state index in [0.717, 1.165) is 67.6 Å². The number of rotatable bonds is 5. The van der Waals surface area contributed by atoms with E-state index in [1.807, 2.05) is 18.2 Å². The molecule has 1 aliphatic carbocycles. The van der Waals surface area contributed by atoms with Crippen molar-refractivity contribution in [3.63, 3.8) is 0 Å². The highest BCUT2D eigenvalue weighted by atomic mass is 16.6. The smallest absolute Gasteiger partial charge is 0.178 e. The van der Waals surface area contributed by atoms with E-state index in [4.69, 9.17) is 14.5 Å². The Kier molecular flexibility index (Phi) is 7.16. The molecule has 0 amide bonds. The summed E-state index contributed by atoms with van der Waals surface area (Å²) < 4.78 is 13.5. The fraction of sp³-hybridized carbons (Fsp3) is 0.0600. The molecule has 252 valence electrons. The molecule has 0 saturated carbocycles. The van der Waals surface area contributed by atoms with Crippen molar-refractivity contribution in [2.24, 2.45) is 0 Å². The van der Waals surface area contributed by atoms with E-state index in [1.54, 1.807) is 0 Å². The minimum Gasteiger partial charge on any atom is -0.449 e. The van der Waals surface area contributed by atoms with Crippen molar-refractivity contribution in [2.45, 2.75) is 19.3 Å². The van der Waals surface area contributed by atoms with Gasteiger partial charge in [-0.15, -0.1) is 0 Å². The summed E-state index contributed by atoms with van der Waals surface area (Å²) in [7, 11) is 0. The molecule has 0 N–H and O–H groups in total. The molecule has 1 aromatic heterocycles. The lowest BCUT2D eigenvalue weighted by molar-refractivity contribution is 0.361. The molecule has 2 heterocycles. The second-order valence-corrected chi connectivity index (χ2v) is 14.3. The van der Waals surface area contributed by atoms with Crippen LogP contribution in [0.15, 0.2) is 176 Å². The Morgan fingerprint density at radius 1 is 0.377 bits per heavy atom. The van der Waals surface area contributed by atoms with Gasteiger partial charge in [-0.25, -0.2) is 4.98 Å². The lowest BCUT2D eigenvalue weighted by atomic mass is 9.82. The summed E-state index contributed by atoms with van der Waals surface area (Å²) in [5.74, 6) is 2.96. The number of para-hydroxylation sites is 1. The van der Waals surface area contributed by atoms with Gasteiger partial charge in [0.15, 0.2) is 23.0 Å². The molecule has 3 nitrogen and oxygen atoms in total. The number of aromatic nitrogens is 1. The first kappa shape index (κ1) is 31.1. The lowest BCUT2D eigenvalue weighted by Gasteiger charge is -2.26. The second kappa shape index (κ2) is 12.2. The summed E-state index contributed by atoms with van der Waals surface area (Å²) >= 11 is 0. The van der Waals surface area contributed by atoms with Crippen LogP contribution in [0.1, 0.15) is 25.0 Å². The number of hydrogen-bond donors (Lipinski definition) is 0. The molecule has 0 saturated heterocycles. The van der Waals surface area contributed by atoms with Crippen LogP contribution in [0.2, 0.25) is 0 Å². The van der Waals surface area contributed by atoms with E-state index in [-0.39, 0.29) is 5.41 Å². The highest BCUT2D eigenvalue weighted by Gasteiger charge is 2.39. The van der Waals surface area contributed by atoms with Crippen molar-refractivity contribution in [1.29, 1.82) is 0 Å². The van der Waals surface area contributed by atoms with Gasteiger partial charge >= 0.3 is 0 Å². The van der Waals surface area contributed by atoms with Crippen molar-refractivity contribution < 1.29 is 9.47 Å². The first-order valence-corrected chi connectivity index (χ1v) is 18.1. The summed E-state index contributed by atoms with van der Waals surface area (Å²) in [6, 6.07) is 61.7. The van der Waals surface area contributed by atoms with Gasteiger partial charge in [-0.1, -0.05) is 159 Å². The quantitative estimate of drug-likeness (QED) is 0.181. The SMILES string of the molecule is CC1(C)c2ccccc2-c2c1ccc1c2Oc2c(cccc2-c2ccc(-c3cc(-c4ccccc4)cc(-c4cccc(-c5ccccc5)c4)n3)cc2)O1. The zero-order valence-electron chi connectivity index (χ0n) is 29.5. The predicted molar refractivity (Wildman–Crippen MR) is 216 cm³/mol. The van der Waals surface area contributed by atoms with Crippen LogP contribution in [0.25, 0.3) is 67.0 Å². The topological polar surface area (TPSA) is 31.4 Å². The van der Waals surface area contributed by atoms with E-state index in [1.165, 1.54) is 27.8 Å². The Hall–Kier alpha value is -6.71. The number of ether oxygens (including phenoxy) is 2. The maximum absolute atomic E-state index is 6.90. The molecule has 0 bridgehead atoms. The van der Waals surface area contributed by atoms with Gasteiger partial charge in [0.25, 0.3) is 0 Å². The van der Waals surface area contributed by atoms with Gasteiger partial charge in [0.05, 0.1) is 11.4 Å². The first-order chi connectivity index (χ1) is 26.0. The molecule has 8 aromatic rings. The van der Waals surface area contributed by atoms with Gasteiger partial charge in [0, 0.05) is 27.7 Å². The fourth-order valence-corrected chi connectivity index (χ4v) is 8.01. The Balaban J connectivity index is 1.03. The highest BCUT2D eigenvalue weighted by molar-refractivity contribution is 5.89. The van der Waals surface area contributed by atoms with E-state index in [9.17, 15) is 0 Å². The van der Waals surface area contributed by atoms with Crippen molar-refractivity contribution in [3.05, 3.63) is 187 Å². The maximum Gasteiger partial charge on any atom is 0.178 e. The number of hydrogen-bond acceptors (Lipinski definition) is 3. The molecule has 10 rings (SSSR count). The van der Waals surface area contributed by atoms with Crippen LogP contribution in [-0.4, -0.2) is 4.98 Å². The zero-order chi connectivity index (χ0) is 35.5. The van der Waals surface area contributed by atoms with Gasteiger partial charge in [-0.05, 0) is 74.8 Å². The fourth-order valence-electron chi connectivity index (χ4n) is 8.01. The number of fused-ring (bicyclic) bond motifs is 6. The average molecular weight is 682 g/mol. The molecule has 0 atom stereocenters. The Morgan fingerprint density at radius 2 is 0.962 bits per heavy atom. The molecule has 3 heteroatoms. The average Bonchev–Trinajstić information content (AvgIpc) is 3.46. The molecule has 0 radical (unpaired) electrons. The van der Waals surface area contributed by atoms with Crippen LogP contribution in [0.4, 0.5) is 0 Å². The van der Waals surface area contributed by atoms with Crippen LogP contribution < -0.4 is 9.47 Å². The molecule has 2 aliphatic rings. The van der Waals surface area contributed by atoms with Crippen LogP contribution >= 0.6 is 0 Å². The summed E-state index contributed by atoms with van der Waals surface area (Å²) in [4.78, 5) is 5.25. The van der Waals surface area contributed by atoms with Gasteiger partial charge in [0.1, 0.15) is 0 Å². The largest absolute Gasteiger partial charge is 0.449 e. The zero-order valence-corrected chi connectivity index (χ0v) is 29.5. The molecule has 53 heavy (non-hydrogen) atoms. The monoisotopic (exact) mass is 681 g/mol. The van der Waals surface area contributed by atoms with Gasteiger partial charge in [-0.3, -0.25) is 0 Å². The highest BCUT2D eigenvalue weighted by Crippen LogP contribution is 2.59. The third-order valence-electron chi connectivity index (χ3n) is 10.8. The molecule has 0 unspecified atom stereocenters. The number of pyridine rings is 1. The Labute approximate surface area is 309 Å².